The van der Waals surface area contributed by atoms with Gasteiger partial charge in [-0.1, -0.05) is 62.8 Å². The van der Waals surface area contributed by atoms with Crippen molar-refractivity contribution in [1.82, 2.24) is 9.78 Å². The maximum absolute atomic E-state index is 4.73. The first kappa shape index (κ1) is 15.6. The Kier molecular flexibility index (Phi) is 4.83. The standard InChI is InChI=1S/C17H15BrIN3/c1-20-15-7-5-12(6-8-15)17-10-16(21-22(17)11-19)13-3-2-4-14(18)9-13/h2-10,20H,11H2,1H3. The summed E-state index contributed by atoms with van der Waals surface area (Å²) in [6.45, 7) is 0. The van der Waals surface area contributed by atoms with Gasteiger partial charge in [-0.2, -0.15) is 5.10 Å². The van der Waals surface area contributed by atoms with Gasteiger partial charge in [-0.3, -0.25) is 4.68 Å². The van der Waals surface area contributed by atoms with Gasteiger partial charge in [0.05, 0.1) is 15.9 Å². The number of rotatable bonds is 4. The molecular weight excluding hydrogens is 453 g/mol. The van der Waals surface area contributed by atoms with E-state index in [-0.39, 0.29) is 0 Å². The van der Waals surface area contributed by atoms with Crippen molar-refractivity contribution in [3.63, 3.8) is 0 Å². The highest BCUT2D eigenvalue weighted by Gasteiger charge is 2.11. The van der Waals surface area contributed by atoms with Gasteiger partial charge < -0.3 is 5.32 Å². The van der Waals surface area contributed by atoms with E-state index in [9.17, 15) is 0 Å². The van der Waals surface area contributed by atoms with Crippen LogP contribution in [0.5, 0.6) is 0 Å². The molecule has 3 rings (SSSR count). The average Bonchev–Trinajstić information content (AvgIpc) is 2.99. The zero-order chi connectivity index (χ0) is 15.5. The molecular formula is C17H15BrIN3. The van der Waals surface area contributed by atoms with Crippen LogP contribution in [0.4, 0.5) is 5.69 Å². The van der Waals surface area contributed by atoms with Crippen LogP contribution in [0.25, 0.3) is 22.5 Å². The predicted octanol–water partition coefficient (Wildman–Crippen LogP) is 5.41. The highest BCUT2D eigenvalue weighted by atomic mass is 127. The summed E-state index contributed by atoms with van der Waals surface area (Å²) in [5.41, 5.74) is 5.52. The summed E-state index contributed by atoms with van der Waals surface area (Å²) >= 11 is 5.86. The van der Waals surface area contributed by atoms with E-state index < -0.39 is 0 Å². The van der Waals surface area contributed by atoms with Gasteiger partial charge in [-0.05, 0) is 35.9 Å². The van der Waals surface area contributed by atoms with Crippen LogP contribution < -0.4 is 5.32 Å². The van der Waals surface area contributed by atoms with Gasteiger partial charge in [-0.25, -0.2) is 0 Å². The highest BCUT2D eigenvalue weighted by molar-refractivity contribution is 14.1. The maximum Gasteiger partial charge on any atom is 0.0931 e. The largest absolute Gasteiger partial charge is 0.388 e. The first-order valence-electron chi connectivity index (χ1n) is 6.89. The maximum atomic E-state index is 4.73. The lowest BCUT2D eigenvalue weighted by Crippen LogP contribution is -1.97. The van der Waals surface area contributed by atoms with Crippen molar-refractivity contribution in [2.24, 2.45) is 0 Å². The fourth-order valence-corrected chi connectivity index (χ4v) is 3.26. The Bertz CT molecular complexity index is 781. The molecule has 0 saturated carbocycles. The molecule has 2 aromatic carbocycles. The van der Waals surface area contributed by atoms with Crippen molar-refractivity contribution in [3.05, 3.63) is 59.1 Å². The van der Waals surface area contributed by atoms with E-state index in [1.165, 1.54) is 5.56 Å². The van der Waals surface area contributed by atoms with Crippen LogP contribution in [0.15, 0.2) is 59.1 Å². The van der Waals surface area contributed by atoms with Crippen molar-refractivity contribution >= 4 is 44.2 Å². The number of alkyl halides is 1. The second-order valence-electron chi connectivity index (χ2n) is 4.87. The summed E-state index contributed by atoms with van der Waals surface area (Å²) in [5.74, 6) is 0. The molecule has 0 aliphatic carbocycles. The van der Waals surface area contributed by atoms with E-state index >= 15 is 0 Å². The molecule has 0 unspecified atom stereocenters. The van der Waals surface area contributed by atoms with E-state index in [0.29, 0.717) is 0 Å². The Hall–Kier alpha value is -1.34. The second-order valence-corrected chi connectivity index (χ2v) is 6.47. The Balaban J connectivity index is 2.04. The number of hydrogen-bond acceptors (Lipinski definition) is 2. The van der Waals surface area contributed by atoms with Crippen LogP contribution in [0.2, 0.25) is 0 Å². The fourth-order valence-electron chi connectivity index (χ4n) is 2.34. The second kappa shape index (κ2) is 6.83. The van der Waals surface area contributed by atoms with Crippen molar-refractivity contribution in [2.75, 3.05) is 12.4 Å². The summed E-state index contributed by atoms with van der Waals surface area (Å²) in [5, 5.41) is 7.87. The molecule has 0 spiro atoms. The number of halogens is 2. The minimum Gasteiger partial charge on any atom is -0.388 e. The van der Waals surface area contributed by atoms with Crippen LogP contribution in [0.1, 0.15) is 0 Å². The number of nitrogens with one attached hydrogen (secondary N) is 1. The van der Waals surface area contributed by atoms with E-state index in [1.807, 2.05) is 23.9 Å². The molecule has 0 aliphatic heterocycles. The Labute approximate surface area is 152 Å². The smallest absolute Gasteiger partial charge is 0.0931 e. The lowest BCUT2D eigenvalue weighted by atomic mass is 10.1. The fraction of sp³-hybridized carbons (Fsp3) is 0.118. The molecule has 22 heavy (non-hydrogen) atoms. The Morgan fingerprint density at radius 2 is 1.86 bits per heavy atom. The van der Waals surface area contributed by atoms with Gasteiger partial charge >= 0.3 is 0 Å². The zero-order valence-electron chi connectivity index (χ0n) is 12.1. The number of aromatic nitrogens is 2. The van der Waals surface area contributed by atoms with Gasteiger partial charge in [0, 0.05) is 22.8 Å². The molecule has 3 nitrogen and oxygen atoms in total. The Morgan fingerprint density at radius 1 is 1.09 bits per heavy atom. The Morgan fingerprint density at radius 3 is 2.50 bits per heavy atom. The first-order chi connectivity index (χ1) is 10.7. The summed E-state index contributed by atoms with van der Waals surface area (Å²) in [4.78, 5) is 0. The number of anilines is 1. The first-order valence-corrected chi connectivity index (χ1v) is 9.21. The molecule has 0 atom stereocenters. The zero-order valence-corrected chi connectivity index (χ0v) is 15.8. The van der Waals surface area contributed by atoms with E-state index in [2.05, 4.69) is 86.3 Å². The third kappa shape index (κ3) is 3.20. The van der Waals surface area contributed by atoms with Crippen molar-refractivity contribution < 1.29 is 0 Å². The van der Waals surface area contributed by atoms with Crippen LogP contribution in [0, 0.1) is 0 Å². The molecule has 5 heteroatoms. The minimum atomic E-state index is 0.814. The van der Waals surface area contributed by atoms with Crippen LogP contribution in [0.3, 0.4) is 0 Å². The lowest BCUT2D eigenvalue weighted by Gasteiger charge is -2.05. The topological polar surface area (TPSA) is 29.9 Å². The molecule has 1 aromatic heterocycles. The molecule has 112 valence electrons. The number of benzene rings is 2. The number of nitrogens with zero attached hydrogens (tertiary/aromatic N) is 2. The molecule has 3 aromatic rings. The highest BCUT2D eigenvalue weighted by Crippen LogP contribution is 2.29. The van der Waals surface area contributed by atoms with Crippen molar-refractivity contribution in [3.8, 4) is 22.5 Å². The van der Waals surface area contributed by atoms with Crippen LogP contribution in [-0.4, -0.2) is 16.8 Å². The summed E-state index contributed by atoms with van der Waals surface area (Å²) in [6, 6.07) is 18.8. The monoisotopic (exact) mass is 467 g/mol. The normalized spacial score (nSPS) is 10.7. The predicted molar refractivity (Wildman–Crippen MR) is 104 cm³/mol. The summed E-state index contributed by atoms with van der Waals surface area (Å²) in [6.07, 6.45) is 0. The van der Waals surface area contributed by atoms with E-state index in [4.69, 9.17) is 5.10 Å². The van der Waals surface area contributed by atoms with Crippen molar-refractivity contribution in [2.45, 2.75) is 4.55 Å². The molecule has 0 bridgehead atoms. The summed E-state index contributed by atoms with van der Waals surface area (Å²) < 4.78 is 3.91. The SMILES string of the molecule is CNc1ccc(-c2cc(-c3cccc(Br)c3)nn2CI)cc1. The van der Waals surface area contributed by atoms with Crippen LogP contribution in [-0.2, 0) is 4.55 Å². The van der Waals surface area contributed by atoms with Gasteiger partial charge in [0.15, 0.2) is 0 Å². The minimum absolute atomic E-state index is 0.814. The van der Waals surface area contributed by atoms with Crippen molar-refractivity contribution in [1.29, 1.82) is 0 Å². The molecule has 0 fully saturated rings. The molecule has 0 amide bonds. The van der Waals surface area contributed by atoms with Crippen LogP contribution >= 0.6 is 38.5 Å². The van der Waals surface area contributed by atoms with E-state index in [1.54, 1.807) is 0 Å². The third-order valence-corrected chi connectivity index (χ3v) is 4.62. The summed E-state index contributed by atoms with van der Waals surface area (Å²) in [7, 11) is 1.93. The molecule has 0 radical (unpaired) electrons. The quantitative estimate of drug-likeness (QED) is 0.410. The van der Waals surface area contributed by atoms with Gasteiger partial charge in [0.25, 0.3) is 0 Å². The average molecular weight is 468 g/mol. The molecule has 1 N–H and O–H groups in total. The third-order valence-electron chi connectivity index (χ3n) is 3.48. The molecule has 0 aliphatic rings. The lowest BCUT2D eigenvalue weighted by molar-refractivity contribution is 0.779. The van der Waals surface area contributed by atoms with E-state index in [0.717, 1.165) is 31.7 Å². The molecule has 1 heterocycles. The van der Waals surface area contributed by atoms with Gasteiger partial charge in [0.1, 0.15) is 0 Å². The molecule has 0 saturated heterocycles. The van der Waals surface area contributed by atoms with Gasteiger partial charge in [-0.15, -0.1) is 0 Å². The van der Waals surface area contributed by atoms with Gasteiger partial charge in [0.2, 0.25) is 0 Å². The number of hydrogen-bond donors (Lipinski definition) is 1.